The molecule has 6 heteroatoms. The summed E-state index contributed by atoms with van der Waals surface area (Å²) in [4.78, 5) is 0. The van der Waals surface area contributed by atoms with Crippen molar-refractivity contribution >= 4 is 19.6 Å². The van der Waals surface area contributed by atoms with Crippen LogP contribution in [-0.2, 0) is 14.6 Å². The molecule has 1 atom stereocenters. The molecule has 0 heterocycles. The fraction of sp³-hybridized carbons (Fsp3) is 1.00. The van der Waals surface area contributed by atoms with Crippen molar-refractivity contribution in [3.63, 3.8) is 0 Å². The monoisotopic (exact) mass is 328 g/mol. The summed E-state index contributed by atoms with van der Waals surface area (Å²) in [6, 6.07) is 0. The van der Waals surface area contributed by atoms with Crippen LogP contribution >= 0.6 is 9.24 Å². The molecule has 20 heavy (non-hydrogen) atoms. The van der Waals surface area contributed by atoms with Crippen molar-refractivity contribution in [2.24, 2.45) is 0 Å². The third-order valence-corrected chi connectivity index (χ3v) is 4.58. The second-order valence-corrected chi connectivity index (χ2v) is 7.68. The number of rotatable bonds is 10. The van der Waals surface area contributed by atoms with Gasteiger partial charge in [-0.15, -0.1) is 9.24 Å². The second-order valence-electron chi connectivity index (χ2n) is 5.27. The van der Waals surface area contributed by atoms with Crippen LogP contribution in [0.4, 0.5) is 0 Å². The molecule has 4 nitrogen and oxygen atoms in total. The van der Waals surface area contributed by atoms with Crippen LogP contribution in [0.1, 0.15) is 78.6 Å². The molecule has 0 aliphatic carbocycles. The van der Waals surface area contributed by atoms with Gasteiger partial charge < -0.3 is 0 Å². The minimum absolute atomic E-state index is 0.571. The Morgan fingerprint density at radius 2 is 1.20 bits per heavy atom. The van der Waals surface area contributed by atoms with E-state index in [0.717, 1.165) is 7.11 Å². The van der Waals surface area contributed by atoms with Gasteiger partial charge in [0.1, 0.15) is 0 Å². The molecule has 0 aliphatic heterocycles. The van der Waals surface area contributed by atoms with E-state index >= 15 is 0 Å². The van der Waals surface area contributed by atoms with Gasteiger partial charge in [-0.3, -0.25) is 8.74 Å². The second kappa shape index (κ2) is 13.0. The van der Waals surface area contributed by atoms with E-state index in [2.05, 4.69) is 34.2 Å². The molecule has 0 fully saturated rings. The first kappa shape index (κ1) is 22.6. The SMILES string of the molecule is CCCCC(P)(CCCC)CCCC.COS(=O)(=O)O. The molecule has 0 aromatic carbocycles. The van der Waals surface area contributed by atoms with Gasteiger partial charge in [0.2, 0.25) is 0 Å². The van der Waals surface area contributed by atoms with E-state index in [1.54, 1.807) is 0 Å². The predicted octanol–water partition coefficient (Wildman–Crippen LogP) is 4.61. The van der Waals surface area contributed by atoms with Crippen LogP contribution in [0, 0.1) is 0 Å². The predicted molar refractivity (Wildman–Crippen MR) is 89.6 cm³/mol. The molecule has 0 aromatic heterocycles. The van der Waals surface area contributed by atoms with Gasteiger partial charge in [-0.1, -0.05) is 59.3 Å². The van der Waals surface area contributed by atoms with Gasteiger partial charge in [0, 0.05) is 0 Å². The summed E-state index contributed by atoms with van der Waals surface area (Å²) < 4.78 is 29.7. The average Bonchev–Trinajstić information content (AvgIpc) is 2.41. The van der Waals surface area contributed by atoms with Crippen LogP contribution in [0.3, 0.4) is 0 Å². The van der Waals surface area contributed by atoms with Gasteiger partial charge in [0.15, 0.2) is 0 Å². The summed E-state index contributed by atoms with van der Waals surface area (Å²) in [6.07, 6.45) is 12.5. The lowest BCUT2D eigenvalue weighted by molar-refractivity contribution is 0.324. The molecule has 0 radical (unpaired) electrons. The van der Waals surface area contributed by atoms with Crippen LogP contribution in [0.2, 0.25) is 0 Å². The maximum Gasteiger partial charge on any atom is 0.397 e. The molecule has 0 aliphatic rings. The molecule has 0 rings (SSSR count). The molecule has 0 spiro atoms. The molecule has 124 valence electrons. The molecule has 0 saturated heterocycles. The molecule has 1 unspecified atom stereocenters. The topological polar surface area (TPSA) is 63.6 Å². The Balaban J connectivity index is 0. The Morgan fingerprint density at radius 3 is 1.35 bits per heavy atom. The van der Waals surface area contributed by atoms with Gasteiger partial charge in [0.05, 0.1) is 7.11 Å². The Morgan fingerprint density at radius 1 is 0.950 bits per heavy atom. The van der Waals surface area contributed by atoms with Gasteiger partial charge in [-0.2, -0.15) is 8.42 Å². The van der Waals surface area contributed by atoms with Crippen molar-refractivity contribution in [1.82, 2.24) is 0 Å². The van der Waals surface area contributed by atoms with E-state index in [1.165, 1.54) is 57.8 Å². The van der Waals surface area contributed by atoms with Gasteiger partial charge in [-0.25, -0.2) is 0 Å². The summed E-state index contributed by atoms with van der Waals surface area (Å²) in [6.45, 7) is 6.89. The van der Waals surface area contributed by atoms with Crippen molar-refractivity contribution in [1.29, 1.82) is 0 Å². The third kappa shape index (κ3) is 16.4. The summed E-state index contributed by atoms with van der Waals surface area (Å²) in [7, 11) is -0.126. The van der Waals surface area contributed by atoms with E-state index in [1.807, 2.05) is 0 Å². The highest BCUT2D eigenvalue weighted by atomic mass is 32.3. The minimum atomic E-state index is -4.16. The third-order valence-electron chi connectivity index (χ3n) is 3.30. The lowest BCUT2D eigenvalue weighted by Gasteiger charge is -2.29. The Hall–Kier alpha value is 0.300. The van der Waals surface area contributed by atoms with E-state index in [9.17, 15) is 8.42 Å². The fourth-order valence-electron chi connectivity index (χ4n) is 1.96. The largest absolute Gasteiger partial charge is 0.397 e. The van der Waals surface area contributed by atoms with Crippen LogP contribution in [0.5, 0.6) is 0 Å². The molecule has 0 bridgehead atoms. The van der Waals surface area contributed by atoms with Crippen molar-refractivity contribution < 1.29 is 17.2 Å². The molecule has 0 aromatic rings. The lowest BCUT2D eigenvalue weighted by atomic mass is 9.90. The van der Waals surface area contributed by atoms with Gasteiger partial charge in [-0.05, 0) is 24.4 Å². The zero-order chi connectivity index (χ0) is 16.1. The Labute approximate surface area is 128 Å². The minimum Gasteiger partial charge on any atom is -0.264 e. The summed E-state index contributed by atoms with van der Waals surface area (Å²) in [5.41, 5.74) is 0. The Bertz CT molecular complexity index is 283. The maximum absolute atomic E-state index is 9.33. The smallest absolute Gasteiger partial charge is 0.264 e. The van der Waals surface area contributed by atoms with Crippen molar-refractivity contribution in [3.8, 4) is 0 Å². The van der Waals surface area contributed by atoms with Crippen LogP contribution < -0.4 is 0 Å². The van der Waals surface area contributed by atoms with Crippen LogP contribution in [0.25, 0.3) is 0 Å². The standard InChI is InChI=1S/C13H29P.CH4O4S/c1-4-7-10-13(14,11-8-5-2)12-9-6-3;1-5-6(2,3)4/h4-12,14H2,1-3H3;1H3,(H,2,3,4). The first-order chi connectivity index (χ1) is 9.24. The van der Waals surface area contributed by atoms with E-state index < -0.39 is 10.4 Å². The van der Waals surface area contributed by atoms with Crippen molar-refractivity contribution in [2.75, 3.05) is 7.11 Å². The maximum atomic E-state index is 9.33. The quantitative estimate of drug-likeness (QED) is 0.470. The van der Waals surface area contributed by atoms with E-state index in [0.29, 0.717) is 5.16 Å². The fourth-order valence-corrected chi connectivity index (χ4v) is 2.57. The highest BCUT2D eigenvalue weighted by Gasteiger charge is 2.22. The average molecular weight is 328 g/mol. The number of hydrogen-bond donors (Lipinski definition) is 1. The van der Waals surface area contributed by atoms with E-state index in [4.69, 9.17) is 4.55 Å². The zero-order valence-electron chi connectivity index (χ0n) is 13.5. The van der Waals surface area contributed by atoms with Gasteiger partial charge in [0.25, 0.3) is 0 Å². The highest BCUT2D eigenvalue weighted by molar-refractivity contribution is 7.80. The summed E-state index contributed by atoms with van der Waals surface area (Å²) in [5, 5.41) is 0.571. The number of hydrogen-bond acceptors (Lipinski definition) is 3. The Kier molecular flexibility index (Phi) is 14.7. The number of unbranched alkanes of at least 4 members (excludes halogenated alkanes) is 3. The summed E-state index contributed by atoms with van der Waals surface area (Å²) >= 11 is 0. The van der Waals surface area contributed by atoms with Crippen molar-refractivity contribution in [2.45, 2.75) is 83.7 Å². The molecular weight excluding hydrogens is 295 g/mol. The normalized spacial score (nSPS) is 11.9. The lowest BCUT2D eigenvalue weighted by Crippen LogP contribution is -2.20. The summed E-state index contributed by atoms with van der Waals surface area (Å²) in [5.74, 6) is 0. The zero-order valence-corrected chi connectivity index (χ0v) is 15.5. The highest BCUT2D eigenvalue weighted by Crippen LogP contribution is 2.36. The first-order valence-electron chi connectivity index (χ1n) is 7.56. The van der Waals surface area contributed by atoms with Gasteiger partial charge >= 0.3 is 10.4 Å². The molecule has 0 saturated carbocycles. The molecular formula is C14H33O4PS. The molecule has 0 amide bonds. The van der Waals surface area contributed by atoms with Crippen molar-refractivity contribution in [3.05, 3.63) is 0 Å². The molecule has 1 N–H and O–H groups in total. The van der Waals surface area contributed by atoms with E-state index in [-0.39, 0.29) is 0 Å². The van der Waals surface area contributed by atoms with Crippen LogP contribution in [0.15, 0.2) is 0 Å². The van der Waals surface area contributed by atoms with Crippen LogP contribution in [-0.4, -0.2) is 25.2 Å². The first-order valence-corrected chi connectivity index (χ1v) is 9.50.